The van der Waals surface area contributed by atoms with E-state index in [0.717, 1.165) is 11.1 Å². The molecule has 0 atom stereocenters. The van der Waals surface area contributed by atoms with E-state index in [9.17, 15) is 8.42 Å². The van der Waals surface area contributed by atoms with Crippen LogP contribution in [0.2, 0.25) is 5.02 Å². The van der Waals surface area contributed by atoms with Crippen LogP contribution >= 0.6 is 11.6 Å². The van der Waals surface area contributed by atoms with Crippen LogP contribution in [0.5, 0.6) is 0 Å². The number of aryl methyl sites for hydroxylation is 1. The molecule has 0 aliphatic rings. The van der Waals surface area contributed by atoms with Gasteiger partial charge in [-0.15, -0.1) is 10.2 Å². The number of aromatic nitrogens is 3. The van der Waals surface area contributed by atoms with E-state index >= 15 is 0 Å². The van der Waals surface area contributed by atoms with E-state index in [-0.39, 0.29) is 5.16 Å². The Morgan fingerprint density at radius 1 is 1.37 bits per heavy atom. The van der Waals surface area contributed by atoms with Gasteiger partial charge >= 0.3 is 0 Å². The zero-order chi connectivity index (χ0) is 14.2. The summed E-state index contributed by atoms with van der Waals surface area (Å²) in [5.74, 6) is 0.450. The molecule has 2 N–H and O–H groups in total. The molecule has 0 aliphatic heterocycles. The van der Waals surface area contributed by atoms with Crippen LogP contribution in [-0.4, -0.2) is 23.2 Å². The minimum absolute atomic E-state index is 0.238. The topological polar surface area (TPSA) is 90.9 Å². The maximum Gasteiger partial charge on any atom is 0.273 e. The van der Waals surface area contributed by atoms with Crippen LogP contribution in [0.3, 0.4) is 0 Å². The molecule has 0 saturated heterocycles. The van der Waals surface area contributed by atoms with Gasteiger partial charge in [0.05, 0.1) is 0 Å². The van der Waals surface area contributed by atoms with Crippen LogP contribution < -0.4 is 5.14 Å². The van der Waals surface area contributed by atoms with Crippen LogP contribution in [0.1, 0.15) is 12.5 Å². The first kappa shape index (κ1) is 14.0. The predicted octanol–water partition coefficient (Wildman–Crippen LogP) is 1.57. The maximum atomic E-state index is 11.4. The lowest BCUT2D eigenvalue weighted by atomic mass is 10.1. The van der Waals surface area contributed by atoms with Crippen molar-refractivity contribution in [2.75, 3.05) is 0 Å². The van der Waals surface area contributed by atoms with E-state index in [1.165, 1.54) is 4.57 Å². The van der Waals surface area contributed by atoms with Crippen molar-refractivity contribution in [2.24, 2.45) is 5.14 Å². The molecule has 0 fully saturated rings. The van der Waals surface area contributed by atoms with Crippen LogP contribution in [-0.2, 0) is 16.6 Å². The summed E-state index contributed by atoms with van der Waals surface area (Å²) in [4.78, 5) is 0. The summed E-state index contributed by atoms with van der Waals surface area (Å²) in [5.41, 5.74) is 1.62. The summed E-state index contributed by atoms with van der Waals surface area (Å²) < 4.78 is 24.3. The summed E-state index contributed by atoms with van der Waals surface area (Å²) in [6.45, 7) is 4.05. The summed E-state index contributed by atoms with van der Waals surface area (Å²) in [6, 6.07) is 5.32. The molecule has 1 aromatic carbocycles. The summed E-state index contributed by atoms with van der Waals surface area (Å²) in [6.07, 6.45) is 0. The highest BCUT2D eigenvalue weighted by Crippen LogP contribution is 2.24. The fourth-order valence-corrected chi connectivity index (χ4v) is 2.58. The number of hydrogen-bond donors (Lipinski definition) is 1. The number of halogens is 1. The highest BCUT2D eigenvalue weighted by atomic mass is 35.5. The average molecular weight is 301 g/mol. The van der Waals surface area contributed by atoms with Crippen LogP contribution in [0.25, 0.3) is 11.4 Å². The molecule has 8 heteroatoms. The van der Waals surface area contributed by atoms with Crippen molar-refractivity contribution in [1.29, 1.82) is 0 Å². The molecular weight excluding hydrogens is 288 g/mol. The van der Waals surface area contributed by atoms with Gasteiger partial charge in [0.2, 0.25) is 0 Å². The molecule has 102 valence electrons. The summed E-state index contributed by atoms with van der Waals surface area (Å²) >= 11 is 5.96. The smallest absolute Gasteiger partial charge is 0.273 e. The van der Waals surface area contributed by atoms with E-state index in [0.29, 0.717) is 17.4 Å². The third-order valence-corrected chi connectivity index (χ3v) is 3.94. The van der Waals surface area contributed by atoms with E-state index in [4.69, 9.17) is 16.7 Å². The van der Waals surface area contributed by atoms with Gasteiger partial charge in [-0.1, -0.05) is 11.6 Å². The van der Waals surface area contributed by atoms with Gasteiger partial charge in [0, 0.05) is 17.1 Å². The molecule has 0 unspecified atom stereocenters. The van der Waals surface area contributed by atoms with Gasteiger partial charge in [-0.3, -0.25) is 4.57 Å². The first-order chi connectivity index (χ1) is 8.84. The van der Waals surface area contributed by atoms with Crippen molar-refractivity contribution in [1.82, 2.24) is 14.8 Å². The van der Waals surface area contributed by atoms with Crippen LogP contribution in [0.15, 0.2) is 23.4 Å². The molecule has 1 heterocycles. The predicted molar refractivity (Wildman–Crippen MR) is 72.3 cm³/mol. The SMILES string of the molecule is CCn1c(-c2ccc(Cl)c(C)c2)nnc1S(N)(=O)=O. The number of nitrogens with zero attached hydrogens (tertiary/aromatic N) is 3. The van der Waals surface area contributed by atoms with E-state index in [1.807, 2.05) is 13.0 Å². The molecule has 0 bridgehead atoms. The Hall–Kier alpha value is -1.44. The molecule has 2 rings (SSSR count). The Morgan fingerprint density at radius 2 is 2.05 bits per heavy atom. The molecule has 0 amide bonds. The van der Waals surface area contributed by atoms with Crippen molar-refractivity contribution < 1.29 is 8.42 Å². The highest BCUT2D eigenvalue weighted by molar-refractivity contribution is 7.89. The first-order valence-electron chi connectivity index (χ1n) is 5.57. The number of benzene rings is 1. The van der Waals surface area contributed by atoms with Crippen molar-refractivity contribution in [2.45, 2.75) is 25.5 Å². The van der Waals surface area contributed by atoms with Crippen molar-refractivity contribution in [3.05, 3.63) is 28.8 Å². The zero-order valence-electron chi connectivity index (χ0n) is 10.5. The Bertz CT molecular complexity index is 724. The van der Waals surface area contributed by atoms with Gasteiger partial charge in [-0.05, 0) is 37.6 Å². The van der Waals surface area contributed by atoms with Gasteiger partial charge in [-0.2, -0.15) is 0 Å². The Morgan fingerprint density at radius 3 is 2.58 bits per heavy atom. The van der Waals surface area contributed by atoms with Gasteiger partial charge in [0.15, 0.2) is 5.82 Å². The minimum Gasteiger partial charge on any atom is -0.297 e. The van der Waals surface area contributed by atoms with Crippen LogP contribution in [0.4, 0.5) is 0 Å². The number of hydrogen-bond acceptors (Lipinski definition) is 4. The molecule has 19 heavy (non-hydrogen) atoms. The number of primary sulfonamides is 1. The first-order valence-corrected chi connectivity index (χ1v) is 7.49. The fraction of sp³-hybridized carbons (Fsp3) is 0.273. The third kappa shape index (κ3) is 2.63. The normalized spacial score (nSPS) is 11.8. The Labute approximate surface area is 116 Å². The quantitative estimate of drug-likeness (QED) is 0.931. The second-order valence-electron chi connectivity index (χ2n) is 4.06. The number of rotatable bonds is 3. The number of nitrogens with two attached hydrogens (primary N) is 1. The van der Waals surface area contributed by atoms with Gasteiger partial charge in [-0.25, -0.2) is 13.6 Å². The zero-order valence-corrected chi connectivity index (χ0v) is 12.0. The van der Waals surface area contributed by atoms with E-state index in [1.54, 1.807) is 19.1 Å². The van der Waals surface area contributed by atoms with Gasteiger partial charge in [0.25, 0.3) is 15.2 Å². The lowest BCUT2D eigenvalue weighted by Gasteiger charge is -2.07. The molecule has 1 aromatic heterocycles. The van der Waals surface area contributed by atoms with Gasteiger partial charge < -0.3 is 0 Å². The Balaban J connectivity index is 2.63. The van der Waals surface area contributed by atoms with Gasteiger partial charge in [0.1, 0.15) is 0 Å². The molecule has 0 aliphatic carbocycles. The lowest BCUT2D eigenvalue weighted by Crippen LogP contribution is -2.18. The average Bonchev–Trinajstić information content (AvgIpc) is 2.76. The monoisotopic (exact) mass is 300 g/mol. The molecule has 0 spiro atoms. The van der Waals surface area contributed by atoms with Crippen molar-refractivity contribution in [3.8, 4) is 11.4 Å². The summed E-state index contributed by atoms with van der Waals surface area (Å²) in [5, 5.41) is 13.1. The van der Waals surface area contributed by atoms with Crippen molar-refractivity contribution >= 4 is 21.6 Å². The molecule has 2 aromatic rings. The largest absolute Gasteiger partial charge is 0.297 e. The highest BCUT2D eigenvalue weighted by Gasteiger charge is 2.21. The standard InChI is InChI=1S/C11H13ClN4O2S/c1-3-16-10(14-15-11(16)19(13,17)18)8-4-5-9(12)7(2)6-8/h4-6H,3H2,1-2H3,(H2,13,17,18). The molecule has 6 nitrogen and oxygen atoms in total. The Kier molecular flexibility index (Phi) is 3.62. The molecule has 0 radical (unpaired) electrons. The lowest BCUT2D eigenvalue weighted by molar-refractivity contribution is 0.571. The van der Waals surface area contributed by atoms with E-state index < -0.39 is 10.0 Å². The number of sulfonamides is 1. The second-order valence-corrected chi connectivity index (χ2v) is 5.92. The minimum atomic E-state index is -3.89. The fourth-order valence-electron chi connectivity index (χ4n) is 1.78. The molecule has 0 saturated carbocycles. The van der Waals surface area contributed by atoms with Crippen molar-refractivity contribution in [3.63, 3.8) is 0 Å². The second kappa shape index (κ2) is 4.92. The van der Waals surface area contributed by atoms with Crippen LogP contribution in [0, 0.1) is 6.92 Å². The maximum absolute atomic E-state index is 11.4. The van der Waals surface area contributed by atoms with E-state index in [2.05, 4.69) is 10.2 Å². The molecular formula is C11H13ClN4O2S. The summed E-state index contributed by atoms with van der Waals surface area (Å²) in [7, 11) is -3.89. The third-order valence-electron chi connectivity index (χ3n) is 2.70.